The first-order chi connectivity index (χ1) is 9.58. The van der Waals surface area contributed by atoms with Gasteiger partial charge in [-0.25, -0.2) is 0 Å². The molecule has 2 N–H and O–H groups in total. The van der Waals surface area contributed by atoms with E-state index in [-0.39, 0.29) is 5.78 Å². The molecule has 20 heavy (non-hydrogen) atoms. The third kappa shape index (κ3) is 3.59. The molecule has 0 radical (unpaired) electrons. The summed E-state index contributed by atoms with van der Waals surface area (Å²) in [6.07, 6.45) is -1.10. The van der Waals surface area contributed by atoms with Crippen LogP contribution in [0, 0.1) is 0 Å². The summed E-state index contributed by atoms with van der Waals surface area (Å²) in [6.45, 7) is 1.38. The Balaban J connectivity index is 2.27. The van der Waals surface area contributed by atoms with Crippen LogP contribution >= 0.6 is 11.6 Å². The number of aliphatic hydroxyl groups excluding tert-OH is 1. The fourth-order valence-electron chi connectivity index (χ4n) is 1.97. The largest absolute Gasteiger partial charge is 0.383 e. The summed E-state index contributed by atoms with van der Waals surface area (Å²) in [5.74, 6) is -0.277. The Hall–Kier alpha value is -1.84. The van der Waals surface area contributed by atoms with E-state index in [1.165, 1.54) is 6.92 Å². The van der Waals surface area contributed by atoms with E-state index >= 15 is 0 Å². The molecule has 0 fully saturated rings. The molecule has 0 saturated carbocycles. The van der Waals surface area contributed by atoms with Gasteiger partial charge in [0.2, 0.25) is 0 Å². The molecule has 2 atom stereocenters. The van der Waals surface area contributed by atoms with Gasteiger partial charge in [0, 0.05) is 10.7 Å². The summed E-state index contributed by atoms with van der Waals surface area (Å²) in [7, 11) is 0. The van der Waals surface area contributed by atoms with Crippen molar-refractivity contribution in [3.63, 3.8) is 0 Å². The van der Waals surface area contributed by atoms with Gasteiger partial charge in [0.1, 0.15) is 6.10 Å². The van der Waals surface area contributed by atoms with E-state index in [0.717, 1.165) is 11.3 Å². The minimum atomic E-state index is -1.10. The van der Waals surface area contributed by atoms with E-state index in [1.54, 1.807) is 12.1 Å². The van der Waals surface area contributed by atoms with Gasteiger partial charge in [-0.1, -0.05) is 41.9 Å². The average molecular weight is 290 g/mol. The van der Waals surface area contributed by atoms with E-state index in [2.05, 4.69) is 5.32 Å². The monoisotopic (exact) mass is 289 g/mol. The molecule has 0 aliphatic carbocycles. The van der Waals surface area contributed by atoms with Gasteiger partial charge in [0.05, 0.1) is 6.04 Å². The number of hydrogen-bond acceptors (Lipinski definition) is 3. The van der Waals surface area contributed by atoms with Crippen LogP contribution in [0.4, 0.5) is 5.69 Å². The van der Waals surface area contributed by atoms with E-state index in [4.69, 9.17) is 11.6 Å². The van der Waals surface area contributed by atoms with E-state index in [1.807, 2.05) is 42.5 Å². The summed E-state index contributed by atoms with van der Waals surface area (Å²) >= 11 is 5.85. The average Bonchev–Trinajstić information content (AvgIpc) is 2.47. The number of benzene rings is 2. The first-order valence-electron chi connectivity index (χ1n) is 6.33. The molecule has 0 amide bonds. The van der Waals surface area contributed by atoms with E-state index in [0.29, 0.717) is 5.02 Å². The van der Waals surface area contributed by atoms with Crippen molar-refractivity contribution in [2.24, 2.45) is 0 Å². The Kier molecular flexibility index (Phi) is 4.77. The van der Waals surface area contributed by atoms with Crippen molar-refractivity contribution in [1.29, 1.82) is 0 Å². The second-order valence-electron chi connectivity index (χ2n) is 4.60. The molecule has 0 heterocycles. The normalized spacial score (nSPS) is 13.6. The molecule has 104 valence electrons. The SMILES string of the molecule is CC(=O)[C@@H](O)[C@H](Nc1ccc(Cl)cc1)c1ccccc1. The third-order valence-corrected chi connectivity index (χ3v) is 3.31. The summed E-state index contributed by atoms with van der Waals surface area (Å²) in [5, 5.41) is 13.9. The maximum Gasteiger partial charge on any atom is 0.160 e. The third-order valence-electron chi connectivity index (χ3n) is 3.06. The first kappa shape index (κ1) is 14.6. The van der Waals surface area contributed by atoms with Gasteiger partial charge >= 0.3 is 0 Å². The summed E-state index contributed by atoms with van der Waals surface area (Å²) in [5.41, 5.74) is 1.65. The predicted octanol–water partition coefficient (Wildman–Crippen LogP) is 3.44. The van der Waals surface area contributed by atoms with Crippen LogP contribution in [0.15, 0.2) is 54.6 Å². The van der Waals surface area contributed by atoms with Crippen LogP contribution in [0.3, 0.4) is 0 Å². The molecule has 0 spiro atoms. The van der Waals surface area contributed by atoms with Crippen LogP contribution < -0.4 is 5.32 Å². The van der Waals surface area contributed by atoms with Gasteiger partial charge in [0.25, 0.3) is 0 Å². The van der Waals surface area contributed by atoms with Crippen LogP contribution in [-0.2, 0) is 4.79 Å². The van der Waals surface area contributed by atoms with Crippen molar-refractivity contribution in [3.05, 3.63) is 65.2 Å². The standard InChI is InChI=1S/C16H16ClNO2/c1-11(19)16(20)15(12-5-3-2-4-6-12)18-14-9-7-13(17)8-10-14/h2-10,15-16,18,20H,1H3/t15-,16-/m1/s1. The minimum Gasteiger partial charge on any atom is -0.383 e. The first-order valence-corrected chi connectivity index (χ1v) is 6.71. The van der Waals surface area contributed by atoms with Gasteiger partial charge in [0.15, 0.2) is 5.78 Å². The minimum absolute atomic E-state index is 0.277. The van der Waals surface area contributed by atoms with E-state index < -0.39 is 12.1 Å². The van der Waals surface area contributed by atoms with Crippen molar-refractivity contribution in [3.8, 4) is 0 Å². The lowest BCUT2D eigenvalue weighted by molar-refractivity contribution is -0.125. The van der Waals surface area contributed by atoms with Crippen LogP contribution in [0.5, 0.6) is 0 Å². The number of anilines is 1. The maximum atomic E-state index is 11.5. The number of rotatable bonds is 5. The second kappa shape index (κ2) is 6.55. The Labute approximate surface area is 123 Å². The Morgan fingerprint density at radius 3 is 2.25 bits per heavy atom. The van der Waals surface area contributed by atoms with Crippen molar-refractivity contribution in [2.75, 3.05) is 5.32 Å². The fourth-order valence-corrected chi connectivity index (χ4v) is 2.09. The zero-order chi connectivity index (χ0) is 14.5. The molecule has 3 nitrogen and oxygen atoms in total. The fraction of sp³-hybridized carbons (Fsp3) is 0.188. The number of carbonyl (C=O) groups is 1. The molecular weight excluding hydrogens is 274 g/mol. The number of Topliss-reactive ketones (excluding diaryl/α,β-unsaturated/α-hetero) is 1. The summed E-state index contributed by atoms with van der Waals surface area (Å²) < 4.78 is 0. The van der Waals surface area contributed by atoms with Gasteiger partial charge in [-0.05, 0) is 36.8 Å². The van der Waals surface area contributed by atoms with E-state index in [9.17, 15) is 9.90 Å². The molecule has 2 rings (SSSR count). The number of carbonyl (C=O) groups excluding carboxylic acids is 1. The molecule has 0 aliphatic rings. The molecular formula is C16H16ClNO2. The lowest BCUT2D eigenvalue weighted by atomic mass is 9.98. The molecule has 0 bridgehead atoms. The van der Waals surface area contributed by atoms with Gasteiger partial charge in [-0.15, -0.1) is 0 Å². The van der Waals surface area contributed by atoms with Crippen molar-refractivity contribution in [1.82, 2.24) is 0 Å². The molecule has 0 saturated heterocycles. The van der Waals surface area contributed by atoms with Crippen molar-refractivity contribution < 1.29 is 9.90 Å². The Morgan fingerprint density at radius 2 is 1.70 bits per heavy atom. The summed E-state index contributed by atoms with van der Waals surface area (Å²) in [6, 6.07) is 16.0. The zero-order valence-corrected chi connectivity index (χ0v) is 11.8. The van der Waals surface area contributed by atoms with Crippen LogP contribution in [0.25, 0.3) is 0 Å². The van der Waals surface area contributed by atoms with Crippen molar-refractivity contribution in [2.45, 2.75) is 19.1 Å². The topological polar surface area (TPSA) is 49.3 Å². The van der Waals surface area contributed by atoms with Gasteiger partial charge in [-0.2, -0.15) is 0 Å². The number of aliphatic hydroxyl groups is 1. The second-order valence-corrected chi connectivity index (χ2v) is 5.03. The Bertz CT molecular complexity index is 569. The van der Waals surface area contributed by atoms with Crippen molar-refractivity contribution >= 4 is 23.1 Å². The van der Waals surface area contributed by atoms with Gasteiger partial charge in [-0.3, -0.25) is 4.79 Å². The highest BCUT2D eigenvalue weighted by Crippen LogP contribution is 2.24. The number of ketones is 1. The number of hydrogen-bond donors (Lipinski definition) is 2. The highest BCUT2D eigenvalue weighted by molar-refractivity contribution is 6.30. The lowest BCUT2D eigenvalue weighted by Crippen LogP contribution is -2.31. The molecule has 2 aromatic carbocycles. The molecule has 2 aromatic rings. The molecule has 0 aromatic heterocycles. The smallest absolute Gasteiger partial charge is 0.160 e. The predicted molar refractivity (Wildman–Crippen MR) is 80.9 cm³/mol. The van der Waals surface area contributed by atoms with Crippen LogP contribution in [-0.4, -0.2) is 17.0 Å². The Morgan fingerprint density at radius 1 is 1.10 bits per heavy atom. The number of nitrogens with one attached hydrogen (secondary N) is 1. The van der Waals surface area contributed by atoms with Crippen LogP contribution in [0.2, 0.25) is 5.02 Å². The van der Waals surface area contributed by atoms with Gasteiger partial charge < -0.3 is 10.4 Å². The van der Waals surface area contributed by atoms with Crippen LogP contribution in [0.1, 0.15) is 18.5 Å². The number of halogens is 1. The molecule has 0 unspecified atom stereocenters. The quantitative estimate of drug-likeness (QED) is 0.886. The zero-order valence-electron chi connectivity index (χ0n) is 11.1. The lowest BCUT2D eigenvalue weighted by Gasteiger charge is -2.24. The highest BCUT2D eigenvalue weighted by atomic mass is 35.5. The summed E-state index contributed by atoms with van der Waals surface area (Å²) in [4.78, 5) is 11.5. The molecule has 4 heteroatoms. The molecule has 0 aliphatic heterocycles. The highest BCUT2D eigenvalue weighted by Gasteiger charge is 2.24. The maximum absolute atomic E-state index is 11.5.